The molecule has 0 bridgehead atoms. The summed E-state index contributed by atoms with van der Waals surface area (Å²) >= 11 is 0. The number of aryl methyl sites for hydroxylation is 1. The molecule has 4 aromatic rings. The van der Waals surface area contributed by atoms with Crippen LogP contribution < -0.4 is 4.74 Å². The Kier molecular flexibility index (Phi) is 9.03. The molecule has 6 rings (SSSR count). The van der Waals surface area contributed by atoms with Crippen LogP contribution in [-0.2, 0) is 13.1 Å². The van der Waals surface area contributed by atoms with Crippen LogP contribution in [0.2, 0.25) is 0 Å². The molecular weight excluding hydrogens is 506 g/mol. The zero-order chi connectivity index (χ0) is 28.0. The molecule has 0 N–H and O–H groups in total. The number of rotatable bonds is 10. The van der Waals surface area contributed by atoms with Crippen molar-refractivity contribution in [2.24, 2.45) is 0 Å². The molecule has 2 aliphatic heterocycles. The second-order valence-electron chi connectivity index (χ2n) is 12.0. The minimum Gasteiger partial charge on any atom is -0.490 e. The van der Waals surface area contributed by atoms with Crippen LogP contribution in [0.3, 0.4) is 0 Å². The summed E-state index contributed by atoms with van der Waals surface area (Å²) in [5.74, 6) is 1.12. The number of carbonyl (C=O) groups is 1. The standard InChI is InChI=1S/C36H45N3O2/c1-2-39-34-11-6-5-10-32(34)33-26-28(13-18-35(33)39)27-38-24-19-31(20-25-38)41-30-16-14-29(15-17-30)36(40)12-9-23-37-21-7-3-4-8-22-37/h5-6,10-11,13-18,26,31H,2-4,7-9,12,19-25,27H2,1H3. The van der Waals surface area contributed by atoms with Gasteiger partial charge in [-0.15, -0.1) is 0 Å². The second-order valence-corrected chi connectivity index (χ2v) is 12.0. The van der Waals surface area contributed by atoms with Gasteiger partial charge in [-0.05, 0) is 107 Å². The number of carbonyl (C=O) groups excluding carboxylic acids is 1. The summed E-state index contributed by atoms with van der Waals surface area (Å²) in [5.41, 5.74) is 4.83. The van der Waals surface area contributed by atoms with Gasteiger partial charge in [0.05, 0.1) is 0 Å². The van der Waals surface area contributed by atoms with Gasteiger partial charge >= 0.3 is 0 Å². The maximum atomic E-state index is 12.7. The van der Waals surface area contributed by atoms with Gasteiger partial charge in [-0.25, -0.2) is 0 Å². The van der Waals surface area contributed by atoms with Gasteiger partial charge in [0.2, 0.25) is 0 Å². The highest BCUT2D eigenvalue weighted by Crippen LogP contribution is 2.30. The lowest BCUT2D eigenvalue weighted by Crippen LogP contribution is -2.37. The molecule has 0 unspecified atom stereocenters. The van der Waals surface area contributed by atoms with Crippen LogP contribution >= 0.6 is 0 Å². The van der Waals surface area contributed by atoms with Gasteiger partial charge in [0.25, 0.3) is 0 Å². The number of hydrogen-bond acceptors (Lipinski definition) is 4. The van der Waals surface area contributed by atoms with E-state index in [1.54, 1.807) is 0 Å². The number of nitrogens with zero attached hydrogens (tertiary/aromatic N) is 3. The van der Waals surface area contributed by atoms with Crippen LogP contribution in [0.4, 0.5) is 0 Å². The quantitative estimate of drug-likeness (QED) is 0.189. The van der Waals surface area contributed by atoms with E-state index in [-0.39, 0.29) is 11.9 Å². The summed E-state index contributed by atoms with van der Waals surface area (Å²) in [7, 11) is 0. The van der Waals surface area contributed by atoms with Gasteiger partial charge in [0.1, 0.15) is 11.9 Å². The maximum absolute atomic E-state index is 12.7. The van der Waals surface area contributed by atoms with Crippen LogP contribution in [-0.4, -0.2) is 59.0 Å². The van der Waals surface area contributed by atoms with E-state index in [1.807, 2.05) is 24.3 Å². The van der Waals surface area contributed by atoms with Crippen molar-refractivity contribution in [3.63, 3.8) is 0 Å². The van der Waals surface area contributed by atoms with Gasteiger partial charge in [0, 0.05) is 60.0 Å². The maximum Gasteiger partial charge on any atom is 0.162 e. The van der Waals surface area contributed by atoms with Crippen molar-refractivity contribution in [3.8, 4) is 5.75 Å². The van der Waals surface area contributed by atoms with Crippen molar-refractivity contribution >= 4 is 27.6 Å². The van der Waals surface area contributed by atoms with Gasteiger partial charge in [-0.3, -0.25) is 9.69 Å². The highest BCUT2D eigenvalue weighted by atomic mass is 16.5. The molecule has 0 aliphatic carbocycles. The highest BCUT2D eigenvalue weighted by molar-refractivity contribution is 6.08. The summed E-state index contributed by atoms with van der Waals surface area (Å²) in [5, 5.41) is 2.70. The number of Topliss-reactive ketones (excluding diaryl/α,β-unsaturated/α-hetero) is 1. The molecule has 2 saturated heterocycles. The largest absolute Gasteiger partial charge is 0.490 e. The molecule has 0 saturated carbocycles. The Morgan fingerprint density at radius 1 is 0.805 bits per heavy atom. The molecule has 0 spiro atoms. The lowest BCUT2D eigenvalue weighted by molar-refractivity contribution is 0.0963. The summed E-state index contributed by atoms with van der Waals surface area (Å²) in [6, 6.07) is 23.6. The third-order valence-electron chi connectivity index (χ3n) is 9.15. The Morgan fingerprint density at radius 2 is 1.54 bits per heavy atom. The van der Waals surface area contributed by atoms with E-state index in [0.29, 0.717) is 6.42 Å². The second kappa shape index (κ2) is 13.2. The number of fused-ring (bicyclic) bond motifs is 3. The van der Waals surface area contributed by atoms with E-state index in [9.17, 15) is 4.79 Å². The average Bonchev–Trinajstić information content (AvgIpc) is 3.11. The van der Waals surface area contributed by atoms with E-state index in [0.717, 1.165) is 63.3 Å². The number of piperidine rings is 1. The van der Waals surface area contributed by atoms with Crippen molar-refractivity contribution < 1.29 is 9.53 Å². The van der Waals surface area contributed by atoms with Crippen molar-refractivity contribution in [2.75, 3.05) is 32.7 Å². The molecular formula is C36H45N3O2. The predicted octanol–water partition coefficient (Wildman–Crippen LogP) is 7.70. The highest BCUT2D eigenvalue weighted by Gasteiger charge is 2.21. The smallest absolute Gasteiger partial charge is 0.162 e. The predicted molar refractivity (Wildman–Crippen MR) is 169 cm³/mol. The van der Waals surface area contributed by atoms with E-state index < -0.39 is 0 Å². The number of hydrogen-bond donors (Lipinski definition) is 0. The fourth-order valence-electron chi connectivity index (χ4n) is 6.86. The van der Waals surface area contributed by atoms with Crippen molar-refractivity contribution in [1.82, 2.24) is 14.4 Å². The number of aromatic nitrogens is 1. The van der Waals surface area contributed by atoms with Gasteiger partial charge in [0.15, 0.2) is 5.78 Å². The summed E-state index contributed by atoms with van der Waals surface area (Å²) in [6.45, 7) is 9.68. The fraction of sp³-hybridized carbons (Fsp3) is 0.472. The van der Waals surface area contributed by atoms with Crippen molar-refractivity contribution in [2.45, 2.75) is 77.5 Å². The first-order valence-electron chi connectivity index (χ1n) is 15.9. The number of benzene rings is 3. The monoisotopic (exact) mass is 551 g/mol. The number of ketones is 1. The zero-order valence-electron chi connectivity index (χ0n) is 24.7. The Bertz CT molecular complexity index is 1440. The Labute approximate surface area is 245 Å². The summed E-state index contributed by atoms with van der Waals surface area (Å²) < 4.78 is 8.75. The van der Waals surface area contributed by atoms with Crippen molar-refractivity contribution in [1.29, 1.82) is 0 Å². The first-order chi connectivity index (χ1) is 20.2. The molecule has 5 nitrogen and oxygen atoms in total. The van der Waals surface area contributed by atoms with Crippen LogP contribution in [0, 0.1) is 0 Å². The molecule has 2 aliphatic rings. The van der Waals surface area contributed by atoms with Gasteiger partial charge in [-0.2, -0.15) is 0 Å². The Hall–Kier alpha value is -3.15. The third kappa shape index (κ3) is 6.68. The fourth-order valence-corrected chi connectivity index (χ4v) is 6.86. The Morgan fingerprint density at radius 3 is 2.29 bits per heavy atom. The normalized spacial score (nSPS) is 17.7. The first kappa shape index (κ1) is 28.0. The molecule has 0 radical (unpaired) electrons. The lowest BCUT2D eigenvalue weighted by atomic mass is 10.0. The molecule has 5 heteroatoms. The van der Waals surface area contributed by atoms with Gasteiger partial charge in [-0.1, -0.05) is 37.1 Å². The van der Waals surface area contributed by atoms with Crippen LogP contribution in [0.25, 0.3) is 21.8 Å². The van der Waals surface area contributed by atoms with E-state index in [1.165, 1.54) is 66.1 Å². The molecule has 0 amide bonds. The molecule has 1 aromatic heterocycles. The summed E-state index contributed by atoms with van der Waals surface area (Å²) in [4.78, 5) is 17.8. The van der Waals surface area contributed by atoms with Crippen LogP contribution in [0.15, 0.2) is 66.7 Å². The average molecular weight is 552 g/mol. The molecule has 3 heterocycles. The molecule has 3 aromatic carbocycles. The molecule has 41 heavy (non-hydrogen) atoms. The first-order valence-corrected chi connectivity index (χ1v) is 15.9. The van der Waals surface area contributed by atoms with E-state index in [4.69, 9.17) is 4.74 Å². The number of para-hydroxylation sites is 1. The topological polar surface area (TPSA) is 37.7 Å². The van der Waals surface area contributed by atoms with E-state index in [2.05, 4.69) is 63.8 Å². The minimum absolute atomic E-state index is 0.228. The van der Waals surface area contributed by atoms with E-state index >= 15 is 0 Å². The molecule has 0 atom stereocenters. The Balaban J connectivity index is 0.972. The number of ether oxygens (including phenoxy) is 1. The third-order valence-corrected chi connectivity index (χ3v) is 9.15. The summed E-state index contributed by atoms with van der Waals surface area (Å²) in [6.07, 6.45) is 9.16. The molecule has 216 valence electrons. The number of likely N-dealkylation sites (tertiary alicyclic amines) is 2. The SMILES string of the molecule is CCn1c2ccccc2c2cc(CN3CCC(Oc4ccc(C(=O)CCCN5CCCCCC5)cc4)CC3)ccc21. The lowest BCUT2D eigenvalue weighted by Gasteiger charge is -2.32. The molecule has 2 fully saturated rings. The van der Waals surface area contributed by atoms with Gasteiger partial charge < -0.3 is 14.2 Å². The van der Waals surface area contributed by atoms with Crippen molar-refractivity contribution in [3.05, 3.63) is 77.9 Å². The van der Waals surface area contributed by atoms with Crippen LogP contribution in [0.1, 0.15) is 74.2 Å². The van der Waals surface area contributed by atoms with Crippen LogP contribution in [0.5, 0.6) is 5.75 Å². The minimum atomic E-state index is 0.228. The zero-order valence-corrected chi connectivity index (χ0v) is 24.7.